The summed E-state index contributed by atoms with van der Waals surface area (Å²) in [6, 6.07) is 0. The minimum absolute atomic E-state index is 0.368. The summed E-state index contributed by atoms with van der Waals surface area (Å²) in [5.74, 6) is -1.56. The van der Waals surface area contributed by atoms with Crippen LogP contribution in [0.2, 0.25) is 0 Å². The van der Waals surface area contributed by atoms with Crippen molar-refractivity contribution in [3.05, 3.63) is 0 Å². The van der Waals surface area contributed by atoms with Crippen molar-refractivity contribution in [2.45, 2.75) is 63.3 Å². The summed E-state index contributed by atoms with van der Waals surface area (Å²) in [5.41, 5.74) is -2.17. The number of alkyl halides is 3. The molecule has 0 amide bonds. The Morgan fingerprint density at radius 2 is 1.82 bits per heavy atom. The van der Waals surface area contributed by atoms with E-state index in [0.29, 0.717) is 12.8 Å². The Morgan fingerprint density at radius 3 is 2.24 bits per heavy atom. The molecule has 1 saturated carbocycles. The van der Waals surface area contributed by atoms with E-state index in [-0.39, 0.29) is 6.10 Å². The summed E-state index contributed by atoms with van der Waals surface area (Å²) < 4.78 is 42.2. The molecule has 1 fully saturated rings. The summed E-state index contributed by atoms with van der Waals surface area (Å²) >= 11 is 0. The first kappa shape index (κ1) is 14.3. The van der Waals surface area contributed by atoms with Crippen LogP contribution in [0.15, 0.2) is 0 Å². The monoisotopic (exact) mass is 254 g/mol. The van der Waals surface area contributed by atoms with E-state index in [9.17, 15) is 18.0 Å². The van der Waals surface area contributed by atoms with Gasteiger partial charge in [-0.05, 0) is 19.8 Å². The number of hydrogen-bond acceptors (Lipinski definition) is 2. The molecule has 0 spiro atoms. The maximum Gasteiger partial charge on any atom is 0.392 e. The molecule has 1 aliphatic carbocycles. The lowest BCUT2D eigenvalue weighted by Gasteiger charge is -2.33. The average molecular weight is 254 g/mol. The highest BCUT2D eigenvalue weighted by atomic mass is 19.4. The number of carboxylic acid groups (broad SMARTS) is 1. The van der Waals surface area contributed by atoms with Crippen molar-refractivity contribution >= 4 is 5.97 Å². The summed E-state index contributed by atoms with van der Waals surface area (Å²) in [6.07, 6.45) is -2.29. The van der Waals surface area contributed by atoms with E-state index in [1.165, 1.54) is 0 Å². The van der Waals surface area contributed by atoms with Crippen LogP contribution in [0.25, 0.3) is 0 Å². The van der Waals surface area contributed by atoms with Crippen molar-refractivity contribution in [1.29, 1.82) is 0 Å². The topological polar surface area (TPSA) is 46.5 Å². The minimum Gasteiger partial charge on any atom is -0.479 e. The molecular formula is C11H17F3O3. The van der Waals surface area contributed by atoms with Gasteiger partial charge in [-0.25, -0.2) is 4.79 Å². The second-order valence-corrected chi connectivity index (χ2v) is 4.71. The van der Waals surface area contributed by atoms with Crippen LogP contribution >= 0.6 is 0 Å². The van der Waals surface area contributed by atoms with Crippen LogP contribution in [0.1, 0.15) is 45.4 Å². The Hall–Kier alpha value is -0.780. The fourth-order valence-corrected chi connectivity index (χ4v) is 2.10. The highest BCUT2D eigenvalue weighted by Gasteiger charge is 2.47. The molecule has 1 rings (SSSR count). The largest absolute Gasteiger partial charge is 0.479 e. The van der Waals surface area contributed by atoms with Gasteiger partial charge in [0.1, 0.15) is 0 Å². The van der Waals surface area contributed by atoms with Crippen molar-refractivity contribution in [3.63, 3.8) is 0 Å². The van der Waals surface area contributed by atoms with Gasteiger partial charge in [0, 0.05) is 0 Å². The van der Waals surface area contributed by atoms with Crippen LogP contribution in [0.5, 0.6) is 0 Å². The molecule has 100 valence electrons. The number of aliphatic carboxylic acids is 1. The van der Waals surface area contributed by atoms with E-state index in [4.69, 9.17) is 9.84 Å². The van der Waals surface area contributed by atoms with Crippen LogP contribution in [0.3, 0.4) is 0 Å². The van der Waals surface area contributed by atoms with Gasteiger partial charge in [-0.2, -0.15) is 13.2 Å². The predicted octanol–water partition coefficient (Wildman–Crippen LogP) is 3.13. The number of carbonyl (C=O) groups is 1. The number of carboxylic acids is 1. The molecule has 0 radical (unpaired) electrons. The zero-order chi connectivity index (χ0) is 13.1. The molecule has 0 aromatic rings. The second kappa shape index (κ2) is 5.25. The second-order valence-electron chi connectivity index (χ2n) is 4.71. The normalized spacial score (nSPS) is 22.1. The molecule has 1 unspecified atom stereocenters. The third kappa shape index (κ3) is 4.53. The van der Waals surface area contributed by atoms with Gasteiger partial charge in [0.2, 0.25) is 0 Å². The molecular weight excluding hydrogens is 237 g/mol. The highest BCUT2D eigenvalue weighted by Crippen LogP contribution is 2.33. The zero-order valence-corrected chi connectivity index (χ0v) is 9.72. The van der Waals surface area contributed by atoms with E-state index in [2.05, 4.69) is 0 Å². The number of rotatable bonds is 4. The fourth-order valence-electron chi connectivity index (χ4n) is 2.10. The third-order valence-corrected chi connectivity index (χ3v) is 2.97. The van der Waals surface area contributed by atoms with E-state index in [0.717, 1.165) is 26.2 Å². The number of hydrogen-bond donors (Lipinski definition) is 1. The molecule has 0 saturated heterocycles. The molecule has 0 aromatic carbocycles. The van der Waals surface area contributed by atoms with E-state index in [1.807, 2.05) is 0 Å². The van der Waals surface area contributed by atoms with Gasteiger partial charge in [-0.1, -0.05) is 19.3 Å². The zero-order valence-electron chi connectivity index (χ0n) is 9.72. The summed E-state index contributed by atoms with van der Waals surface area (Å²) in [5, 5.41) is 8.90. The van der Waals surface area contributed by atoms with E-state index < -0.39 is 24.2 Å². The molecule has 17 heavy (non-hydrogen) atoms. The quantitative estimate of drug-likeness (QED) is 0.838. The number of ether oxygens (including phenoxy) is 1. The highest BCUT2D eigenvalue weighted by molar-refractivity contribution is 5.77. The maximum absolute atomic E-state index is 12.3. The van der Waals surface area contributed by atoms with E-state index >= 15 is 0 Å². The van der Waals surface area contributed by atoms with Gasteiger partial charge >= 0.3 is 12.1 Å². The molecule has 0 aliphatic heterocycles. The smallest absolute Gasteiger partial charge is 0.392 e. The Kier molecular flexibility index (Phi) is 4.41. The van der Waals surface area contributed by atoms with Crippen LogP contribution in [0.4, 0.5) is 13.2 Å². The van der Waals surface area contributed by atoms with E-state index in [1.54, 1.807) is 0 Å². The molecule has 1 N–H and O–H groups in total. The van der Waals surface area contributed by atoms with Crippen molar-refractivity contribution in [2.24, 2.45) is 0 Å². The van der Waals surface area contributed by atoms with Gasteiger partial charge in [0.25, 0.3) is 0 Å². The molecule has 1 aliphatic rings. The predicted molar refractivity (Wildman–Crippen MR) is 54.7 cm³/mol. The summed E-state index contributed by atoms with van der Waals surface area (Å²) in [7, 11) is 0. The summed E-state index contributed by atoms with van der Waals surface area (Å²) in [6.45, 7) is 0.997. The minimum atomic E-state index is -4.54. The molecule has 0 aromatic heterocycles. The van der Waals surface area contributed by atoms with Crippen molar-refractivity contribution in [1.82, 2.24) is 0 Å². The van der Waals surface area contributed by atoms with Crippen LogP contribution in [0, 0.1) is 0 Å². The van der Waals surface area contributed by atoms with Crippen molar-refractivity contribution < 1.29 is 27.8 Å². The van der Waals surface area contributed by atoms with Gasteiger partial charge in [-0.3, -0.25) is 0 Å². The molecule has 0 heterocycles. The fraction of sp³-hybridized carbons (Fsp3) is 0.909. The lowest BCUT2D eigenvalue weighted by Crippen LogP contribution is -2.45. The van der Waals surface area contributed by atoms with Gasteiger partial charge in [0.15, 0.2) is 5.60 Å². The SMILES string of the molecule is CC(CC(F)(F)F)(OC1CCCCC1)C(=O)O. The van der Waals surface area contributed by atoms with Crippen LogP contribution < -0.4 is 0 Å². The van der Waals surface area contributed by atoms with Crippen molar-refractivity contribution in [2.75, 3.05) is 0 Å². The van der Waals surface area contributed by atoms with Gasteiger partial charge in [-0.15, -0.1) is 0 Å². The number of halogens is 3. The first-order chi connectivity index (χ1) is 7.73. The summed E-state index contributed by atoms with van der Waals surface area (Å²) in [4.78, 5) is 10.9. The first-order valence-electron chi connectivity index (χ1n) is 5.71. The molecule has 6 heteroatoms. The van der Waals surface area contributed by atoms with Gasteiger partial charge in [0.05, 0.1) is 12.5 Å². The third-order valence-electron chi connectivity index (χ3n) is 2.97. The molecule has 3 nitrogen and oxygen atoms in total. The lowest BCUT2D eigenvalue weighted by atomic mass is 9.95. The van der Waals surface area contributed by atoms with Crippen molar-refractivity contribution in [3.8, 4) is 0 Å². The Balaban J connectivity index is 2.66. The average Bonchev–Trinajstić information content (AvgIpc) is 2.15. The Morgan fingerprint density at radius 1 is 1.29 bits per heavy atom. The van der Waals surface area contributed by atoms with Crippen LogP contribution in [-0.4, -0.2) is 29.0 Å². The molecule has 1 atom stereocenters. The van der Waals surface area contributed by atoms with Gasteiger partial charge < -0.3 is 9.84 Å². The Bertz CT molecular complexity index is 272. The standard InChI is InChI=1S/C11H17F3O3/c1-10(9(15)16,7-11(12,13)14)17-8-5-3-2-4-6-8/h8H,2-7H2,1H3,(H,15,16). The van der Waals surface area contributed by atoms with Crippen LogP contribution in [-0.2, 0) is 9.53 Å². The lowest BCUT2D eigenvalue weighted by molar-refractivity contribution is -0.212. The first-order valence-corrected chi connectivity index (χ1v) is 5.71. The molecule has 0 bridgehead atoms. The maximum atomic E-state index is 12.3. The Labute approximate surface area is 97.9 Å².